The molecule has 104 valence electrons. The van der Waals surface area contributed by atoms with Crippen LogP contribution < -0.4 is 5.32 Å². The van der Waals surface area contributed by atoms with Gasteiger partial charge in [-0.1, -0.05) is 0 Å². The third kappa shape index (κ3) is 4.63. The number of rotatable bonds is 6. The SMILES string of the molecule is CCN(CC)C(=O)CCNC(=O)c1cccnc1Br. The van der Waals surface area contributed by atoms with E-state index in [1.54, 1.807) is 23.2 Å². The van der Waals surface area contributed by atoms with Crippen molar-refractivity contribution in [1.82, 2.24) is 15.2 Å². The van der Waals surface area contributed by atoms with Crippen molar-refractivity contribution in [3.8, 4) is 0 Å². The molecule has 1 aromatic rings. The third-order valence-electron chi connectivity index (χ3n) is 2.74. The Balaban J connectivity index is 2.44. The van der Waals surface area contributed by atoms with Crippen LogP contribution in [0.1, 0.15) is 30.6 Å². The molecule has 0 saturated heterocycles. The van der Waals surface area contributed by atoms with Gasteiger partial charge >= 0.3 is 0 Å². The first-order valence-corrected chi connectivity index (χ1v) is 7.05. The molecule has 0 aliphatic rings. The van der Waals surface area contributed by atoms with Gasteiger partial charge in [-0.2, -0.15) is 0 Å². The second kappa shape index (κ2) is 7.89. The van der Waals surface area contributed by atoms with Crippen LogP contribution in [0.5, 0.6) is 0 Å². The van der Waals surface area contributed by atoms with Crippen molar-refractivity contribution >= 4 is 27.7 Å². The van der Waals surface area contributed by atoms with Crippen LogP contribution in [0, 0.1) is 0 Å². The Morgan fingerprint density at radius 1 is 1.37 bits per heavy atom. The standard InChI is InChI=1S/C13H18BrN3O2/c1-3-17(4-2)11(18)7-9-16-13(19)10-6-5-8-15-12(10)14/h5-6,8H,3-4,7,9H2,1-2H3,(H,16,19). The fourth-order valence-electron chi connectivity index (χ4n) is 1.67. The lowest BCUT2D eigenvalue weighted by Crippen LogP contribution is -2.34. The van der Waals surface area contributed by atoms with Gasteiger partial charge in [0.1, 0.15) is 4.60 Å². The molecule has 5 nitrogen and oxygen atoms in total. The molecule has 1 N–H and O–H groups in total. The monoisotopic (exact) mass is 327 g/mol. The lowest BCUT2D eigenvalue weighted by Gasteiger charge is -2.18. The van der Waals surface area contributed by atoms with Gasteiger partial charge in [0.2, 0.25) is 5.91 Å². The number of amides is 2. The Morgan fingerprint density at radius 2 is 2.05 bits per heavy atom. The van der Waals surface area contributed by atoms with E-state index in [2.05, 4.69) is 26.2 Å². The van der Waals surface area contributed by atoms with E-state index in [-0.39, 0.29) is 11.8 Å². The van der Waals surface area contributed by atoms with Gasteiger partial charge in [-0.05, 0) is 41.9 Å². The highest BCUT2D eigenvalue weighted by atomic mass is 79.9. The maximum atomic E-state index is 11.8. The molecule has 0 fully saturated rings. The number of hydrogen-bond donors (Lipinski definition) is 1. The van der Waals surface area contributed by atoms with E-state index in [1.807, 2.05) is 13.8 Å². The molecule has 19 heavy (non-hydrogen) atoms. The zero-order valence-corrected chi connectivity index (χ0v) is 12.7. The normalized spacial score (nSPS) is 10.1. The van der Waals surface area contributed by atoms with E-state index >= 15 is 0 Å². The summed E-state index contributed by atoms with van der Waals surface area (Å²) in [6, 6.07) is 3.37. The van der Waals surface area contributed by atoms with Crippen LogP contribution in [0.4, 0.5) is 0 Å². The van der Waals surface area contributed by atoms with Crippen molar-refractivity contribution in [1.29, 1.82) is 0 Å². The summed E-state index contributed by atoms with van der Waals surface area (Å²) in [7, 11) is 0. The van der Waals surface area contributed by atoms with Gasteiger partial charge in [0.05, 0.1) is 5.56 Å². The average molecular weight is 328 g/mol. The van der Waals surface area contributed by atoms with Crippen LogP contribution in [-0.2, 0) is 4.79 Å². The van der Waals surface area contributed by atoms with Crippen molar-refractivity contribution in [3.63, 3.8) is 0 Å². The van der Waals surface area contributed by atoms with Gasteiger partial charge in [0.25, 0.3) is 5.91 Å². The fraction of sp³-hybridized carbons (Fsp3) is 0.462. The Hall–Kier alpha value is -1.43. The van der Waals surface area contributed by atoms with E-state index < -0.39 is 0 Å². The van der Waals surface area contributed by atoms with Crippen LogP contribution >= 0.6 is 15.9 Å². The first-order chi connectivity index (χ1) is 9.10. The molecule has 0 aliphatic carbocycles. The minimum absolute atomic E-state index is 0.0514. The van der Waals surface area contributed by atoms with Crippen molar-refractivity contribution in [2.45, 2.75) is 20.3 Å². The molecular formula is C13H18BrN3O2. The molecule has 6 heteroatoms. The van der Waals surface area contributed by atoms with Gasteiger partial charge in [-0.25, -0.2) is 4.98 Å². The molecule has 0 atom stereocenters. The highest BCUT2D eigenvalue weighted by molar-refractivity contribution is 9.10. The Morgan fingerprint density at radius 3 is 2.63 bits per heavy atom. The van der Waals surface area contributed by atoms with Crippen LogP contribution in [0.3, 0.4) is 0 Å². The molecule has 0 radical (unpaired) electrons. The third-order valence-corrected chi connectivity index (χ3v) is 3.38. The molecule has 0 spiro atoms. The topological polar surface area (TPSA) is 62.3 Å². The molecule has 1 rings (SSSR count). The molecule has 0 aromatic carbocycles. The molecule has 2 amide bonds. The van der Waals surface area contributed by atoms with E-state index in [9.17, 15) is 9.59 Å². The van der Waals surface area contributed by atoms with Crippen LogP contribution in [0.25, 0.3) is 0 Å². The van der Waals surface area contributed by atoms with Crippen molar-refractivity contribution < 1.29 is 9.59 Å². The van der Waals surface area contributed by atoms with Gasteiger partial charge < -0.3 is 10.2 Å². The number of pyridine rings is 1. The minimum atomic E-state index is -0.229. The van der Waals surface area contributed by atoms with Crippen molar-refractivity contribution in [2.24, 2.45) is 0 Å². The number of hydrogen-bond acceptors (Lipinski definition) is 3. The fourth-order valence-corrected chi connectivity index (χ4v) is 2.10. The number of nitrogens with zero attached hydrogens (tertiary/aromatic N) is 2. The van der Waals surface area contributed by atoms with Gasteiger partial charge in [-0.3, -0.25) is 9.59 Å². The molecule has 0 saturated carbocycles. The van der Waals surface area contributed by atoms with Gasteiger partial charge in [0.15, 0.2) is 0 Å². The molecular weight excluding hydrogens is 310 g/mol. The molecule has 1 heterocycles. The highest BCUT2D eigenvalue weighted by Gasteiger charge is 2.12. The molecule has 0 aliphatic heterocycles. The summed E-state index contributed by atoms with van der Waals surface area (Å²) in [5.74, 6) is -0.178. The smallest absolute Gasteiger partial charge is 0.254 e. The van der Waals surface area contributed by atoms with Crippen LogP contribution in [0.15, 0.2) is 22.9 Å². The second-order valence-electron chi connectivity index (χ2n) is 3.91. The Bertz CT molecular complexity index is 447. The number of nitrogens with one attached hydrogen (secondary N) is 1. The summed E-state index contributed by atoms with van der Waals surface area (Å²) in [5.41, 5.74) is 0.470. The van der Waals surface area contributed by atoms with Gasteiger partial charge in [-0.15, -0.1) is 0 Å². The number of carbonyl (C=O) groups is 2. The number of halogens is 1. The second-order valence-corrected chi connectivity index (χ2v) is 4.66. The maximum absolute atomic E-state index is 11.8. The van der Waals surface area contributed by atoms with E-state index in [1.165, 1.54) is 0 Å². The molecule has 0 unspecified atom stereocenters. The minimum Gasteiger partial charge on any atom is -0.351 e. The summed E-state index contributed by atoms with van der Waals surface area (Å²) in [6.07, 6.45) is 1.91. The molecule has 0 bridgehead atoms. The summed E-state index contributed by atoms with van der Waals surface area (Å²) in [6.45, 7) is 5.59. The molecule has 1 aromatic heterocycles. The maximum Gasteiger partial charge on any atom is 0.254 e. The predicted molar refractivity (Wildman–Crippen MR) is 76.8 cm³/mol. The van der Waals surface area contributed by atoms with Crippen molar-refractivity contribution in [2.75, 3.05) is 19.6 Å². The average Bonchev–Trinajstić information content (AvgIpc) is 2.40. The first kappa shape index (κ1) is 15.6. The van der Waals surface area contributed by atoms with Crippen molar-refractivity contribution in [3.05, 3.63) is 28.5 Å². The summed E-state index contributed by atoms with van der Waals surface area (Å²) in [5, 5.41) is 2.72. The number of carbonyl (C=O) groups excluding carboxylic acids is 2. The predicted octanol–water partition coefficient (Wildman–Crippen LogP) is 1.83. The van der Waals surface area contributed by atoms with Crippen LogP contribution in [0.2, 0.25) is 0 Å². The Kier molecular flexibility index (Phi) is 6.49. The van der Waals surface area contributed by atoms with E-state index in [0.717, 1.165) is 0 Å². The van der Waals surface area contributed by atoms with Gasteiger partial charge in [0, 0.05) is 32.3 Å². The van der Waals surface area contributed by atoms with Crippen LogP contribution in [-0.4, -0.2) is 41.3 Å². The lowest BCUT2D eigenvalue weighted by molar-refractivity contribution is -0.130. The highest BCUT2D eigenvalue weighted by Crippen LogP contribution is 2.11. The largest absolute Gasteiger partial charge is 0.351 e. The summed E-state index contributed by atoms with van der Waals surface area (Å²) in [4.78, 5) is 29.3. The Labute approximate surface area is 121 Å². The first-order valence-electron chi connectivity index (χ1n) is 6.26. The zero-order chi connectivity index (χ0) is 14.3. The van der Waals surface area contributed by atoms with E-state index in [0.29, 0.717) is 36.2 Å². The quantitative estimate of drug-likeness (QED) is 0.811. The zero-order valence-electron chi connectivity index (χ0n) is 11.1. The number of aromatic nitrogens is 1. The van der Waals surface area contributed by atoms with E-state index in [4.69, 9.17) is 0 Å². The lowest BCUT2D eigenvalue weighted by atomic mass is 10.2. The summed E-state index contributed by atoms with van der Waals surface area (Å²) < 4.78 is 0.502. The summed E-state index contributed by atoms with van der Waals surface area (Å²) >= 11 is 3.22.